The van der Waals surface area contributed by atoms with Crippen molar-refractivity contribution < 1.29 is 4.79 Å². The van der Waals surface area contributed by atoms with Crippen molar-refractivity contribution in [2.45, 2.75) is 17.9 Å². The summed E-state index contributed by atoms with van der Waals surface area (Å²) in [6, 6.07) is 26.3. The van der Waals surface area contributed by atoms with E-state index in [9.17, 15) is 4.79 Å². The Kier molecular flexibility index (Phi) is 6.75. The molecular weight excluding hydrogens is 432 g/mol. The van der Waals surface area contributed by atoms with Crippen LogP contribution in [0.3, 0.4) is 0 Å². The Morgan fingerprint density at radius 1 is 0.909 bits per heavy atom. The zero-order valence-corrected chi connectivity index (χ0v) is 19.7. The molecule has 1 heterocycles. The van der Waals surface area contributed by atoms with Crippen molar-refractivity contribution in [3.05, 3.63) is 95.6 Å². The van der Waals surface area contributed by atoms with E-state index >= 15 is 0 Å². The van der Waals surface area contributed by atoms with Crippen LogP contribution in [0.4, 0.5) is 11.4 Å². The molecule has 0 bridgehead atoms. The average Bonchev–Trinajstić information content (AvgIpc) is 3.53. The van der Waals surface area contributed by atoms with Gasteiger partial charge in [0.05, 0.1) is 0 Å². The Bertz CT molecular complexity index is 1080. The number of hydrogen-bond donors (Lipinski definition) is 2. The lowest BCUT2D eigenvalue weighted by Crippen LogP contribution is -2.44. The van der Waals surface area contributed by atoms with E-state index in [1.54, 1.807) is 0 Å². The van der Waals surface area contributed by atoms with Crippen LogP contribution in [0.2, 0.25) is 0 Å². The summed E-state index contributed by atoms with van der Waals surface area (Å²) < 4.78 is 0. The minimum Gasteiger partial charge on any atom is -0.369 e. The second kappa shape index (κ2) is 9.56. The smallest absolute Gasteiger partial charge is 0.255 e. The molecule has 1 amide bonds. The zero-order valence-electron chi connectivity index (χ0n) is 18.9. The third-order valence-corrected chi connectivity index (χ3v) is 6.88. The first-order valence-electron chi connectivity index (χ1n) is 11.3. The number of rotatable bonds is 5. The van der Waals surface area contributed by atoms with Crippen LogP contribution in [0, 0.1) is 0 Å². The van der Waals surface area contributed by atoms with Crippen molar-refractivity contribution in [1.29, 1.82) is 0 Å². The number of nitrogens with two attached hydrogens (primary N) is 1. The molecule has 2 aliphatic rings. The molecule has 2 unspecified atom stereocenters. The van der Waals surface area contributed by atoms with Crippen molar-refractivity contribution in [3.63, 3.8) is 0 Å². The molecule has 1 aliphatic carbocycles. The average molecular weight is 463 g/mol. The Morgan fingerprint density at radius 2 is 1.55 bits per heavy atom. The number of anilines is 2. The maximum absolute atomic E-state index is 12.7. The molecule has 5 nitrogen and oxygen atoms in total. The summed E-state index contributed by atoms with van der Waals surface area (Å²) >= 11 is 0. The lowest BCUT2D eigenvalue weighted by molar-refractivity contribution is 0.102. The number of nitrogens with zero attached hydrogens (tertiary/aromatic N) is 2. The van der Waals surface area contributed by atoms with E-state index in [2.05, 4.69) is 46.4 Å². The van der Waals surface area contributed by atoms with E-state index in [1.807, 2.05) is 54.6 Å². The monoisotopic (exact) mass is 462 g/mol. The first kappa shape index (κ1) is 23.3. The molecule has 5 rings (SSSR count). The number of benzene rings is 3. The Hall–Kier alpha value is -2.86. The van der Waals surface area contributed by atoms with Crippen LogP contribution in [-0.4, -0.2) is 44.0 Å². The van der Waals surface area contributed by atoms with E-state index in [0.29, 0.717) is 11.5 Å². The van der Waals surface area contributed by atoms with Gasteiger partial charge in [0.1, 0.15) is 0 Å². The molecule has 0 spiro atoms. The first-order chi connectivity index (χ1) is 15.5. The van der Waals surface area contributed by atoms with E-state index < -0.39 is 0 Å². The molecule has 3 N–H and O–H groups in total. The molecule has 3 aromatic carbocycles. The number of carbonyl (C=O) groups is 1. The molecule has 0 aromatic heterocycles. The van der Waals surface area contributed by atoms with Gasteiger partial charge in [-0.2, -0.15) is 0 Å². The van der Waals surface area contributed by atoms with Gasteiger partial charge in [-0.15, -0.1) is 12.4 Å². The predicted molar refractivity (Wildman–Crippen MR) is 137 cm³/mol. The van der Waals surface area contributed by atoms with Gasteiger partial charge in [0.25, 0.3) is 5.91 Å². The van der Waals surface area contributed by atoms with Crippen molar-refractivity contribution in [3.8, 4) is 0 Å². The van der Waals surface area contributed by atoms with Gasteiger partial charge in [-0.3, -0.25) is 4.79 Å². The van der Waals surface area contributed by atoms with Crippen molar-refractivity contribution in [2.75, 3.05) is 43.4 Å². The second-order valence-electron chi connectivity index (χ2n) is 9.08. The van der Waals surface area contributed by atoms with Crippen molar-refractivity contribution >= 4 is 29.7 Å². The maximum Gasteiger partial charge on any atom is 0.255 e. The van der Waals surface area contributed by atoms with Crippen LogP contribution in [-0.2, 0) is 5.54 Å². The fraction of sp³-hybridized carbons (Fsp3) is 0.296. The van der Waals surface area contributed by atoms with Gasteiger partial charge in [-0.25, -0.2) is 0 Å². The zero-order chi connectivity index (χ0) is 22.1. The van der Waals surface area contributed by atoms with Crippen LogP contribution in [0.5, 0.6) is 0 Å². The maximum atomic E-state index is 12.7. The topological polar surface area (TPSA) is 61.6 Å². The largest absolute Gasteiger partial charge is 0.369 e. The van der Waals surface area contributed by atoms with E-state index in [-0.39, 0.29) is 23.9 Å². The highest BCUT2D eigenvalue weighted by molar-refractivity contribution is 6.04. The van der Waals surface area contributed by atoms with Gasteiger partial charge < -0.3 is 20.9 Å². The molecule has 1 saturated carbocycles. The minimum atomic E-state index is -0.280. The molecule has 33 heavy (non-hydrogen) atoms. The lowest BCUT2D eigenvalue weighted by atomic mass is 9.99. The van der Waals surface area contributed by atoms with Crippen LogP contribution in [0.25, 0.3) is 0 Å². The molecule has 6 heteroatoms. The molecular formula is C27H31ClN4O. The van der Waals surface area contributed by atoms with Crippen molar-refractivity contribution in [2.24, 2.45) is 5.73 Å². The summed E-state index contributed by atoms with van der Waals surface area (Å²) in [5.41, 5.74) is 11.4. The summed E-state index contributed by atoms with van der Waals surface area (Å²) in [7, 11) is 2.15. The summed E-state index contributed by atoms with van der Waals surface area (Å²) in [5.74, 6) is 0.225. The van der Waals surface area contributed by atoms with Gasteiger partial charge in [-0.05, 0) is 61.0 Å². The SMILES string of the molecule is CN1CCN(c2ccc(C(=O)Nc3ccc(C4CC4(N)c4ccccc4)cc3)cc2)CC1.Cl. The van der Waals surface area contributed by atoms with Crippen molar-refractivity contribution in [1.82, 2.24) is 4.90 Å². The highest BCUT2D eigenvalue weighted by atomic mass is 35.5. The van der Waals surface area contributed by atoms with Gasteiger partial charge in [-0.1, -0.05) is 42.5 Å². The molecule has 0 radical (unpaired) electrons. The van der Waals surface area contributed by atoms with Gasteiger partial charge in [0.2, 0.25) is 0 Å². The standard InChI is InChI=1S/C27H30N4O.ClH/c1-30-15-17-31(18-16-30)24-13-9-21(10-14-24)26(32)29-23-11-7-20(8-12-23)25-19-27(25,28)22-5-3-2-4-6-22;/h2-14,25H,15-19,28H2,1H3,(H,29,32);1H. The second-order valence-corrected chi connectivity index (χ2v) is 9.08. The molecule has 1 saturated heterocycles. The van der Waals surface area contributed by atoms with Gasteiger partial charge in [0, 0.05) is 54.6 Å². The summed E-state index contributed by atoms with van der Waals surface area (Å²) in [6.45, 7) is 4.17. The highest BCUT2D eigenvalue weighted by Crippen LogP contribution is 2.56. The predicted octanol–water partition coefficient (Wildman–Crippen LogP) is 4.45. The van der Waals surface area contributed by atoms with Crippen LogP contribution < -0.4 is 16.0 Å². The Morgan fingerprint density at radius 3 is 2.18 bits per heavy atom. The quantitative estimate of drug-likeness (QED) is 0.588. The third-order valence-electron chi connectivity index (χ3n) is 6.88. The molecule has 1 aliphatic heterocycles. The summed E-state index contributed by atoms with van der Waals surface area (Å²) in [5, 5.41) is 3.01. The van der Waals surface area contributed by atoms with E-state index in [4.69, 9.17) is 5.73 Å². The van der Waals surface area contributed by atoms with Gasteiger partial charge in [0.15, 0.2) is 0 Å². The number of carbonyl (C=O) groups excluding carboxylic acids is 1. The molecule has 2 fully saturated rings. The number of halogens is 1. The molecule has 3 aromatic rings. The van der Waals surface area contributed by atoms with Gasteiger partial charge >= 0.3 is 0 Å². The molecule has 172 valence electrons. The number of nitrogens with one attached hydrogen (secondary N) is 1. The lowest BCUT2D eigenvalue weighted by Gasteiger charge is -2.34. The number of piperazine rings is 1. The Labute approximate surface area is 202 Å². The fourth-order valence-electron chi connectivity index (χ4n) is 4.65. The van der Waals surface area contributed by atoms with Crippen LogP contribution in [0.15, 0.2) is 78.9 Å². The normalized spacial score (nSPS) is 22.4. The van der Waals surface area contributed by atoms with E-state index in [1.165, 1.54) is 16.8 Å². The minimum absolute atomic E-state index is 0. The third kappa shape index (κ3) is 4.91. The van der Waals surface area contributed by atoms with Crippen LogP contribution >= 0.6 is 12.4 Å². The van der Waals surface area contributed by atoms with Crippen LogP contribution in [0.1, 0.15) is 33.8 Å². The number of hydrogen-bond acceptors (Lipinski definition) is 4. The first-order valence-corrected chi connectivity index (χ1v) is 11.3. The fourth-order valence-corrected chi connectivity index (χ4v) is 4.65. The van der Waals surface area contributed by atoms with E-state index in [0.717, 1.165) is 38.3 Å². The Balaban J connectivity index is 0.00000259. The molecule has 2 atom stereocenters. The summed E-state index contributed by atoms with van der Waals surface area (Å²) in [6.07, 6.45) is 0.947. The summed E-state index contributed by atoms with van der Waals surface area (Å²) in [4.78, 5) is 17.4. The highest BCUT2D eigenvalue weighted by Gasteiger charge is 2.52. The number of amides is 1. The number of likely N-dealkylation sites (N-methyl/N-ethyl adjacent to an activating group) is 1.